The maximum Gasteiger partial charge on any atom is 0.120 e. The summed E-state index contributed by atoms with van der Waals surface area (Å²) in [4.78, 5) is 0. The average molecular weight is 366 g/mol. The second-order valence-electron chi connectivity index (χ2n) is 6.24. The van der Waals surface area contributed by atoms with Crippen LogP contribution >= 0.6 is 24.0 Å². The van der Waals surface area contributed by atoms with Crippen LogP contribution in [0.15, 0.2) is 48.5 Å². The van der Waals surface area contributed by atoms with Crippen molar-refractivity contribution in [2.45, 2.75) is 51.3 Å². The van der Waals surface area contributed by atoms with Crippen LogP contribution in [0.2, 0.25) is 5.02 Å². The maximum atomic E-state index is 6.17. The van der Waals surface area contributed by atoms with Crippen molar-refractivity contribution in [1.82, 2.24) is 5.32 Å². The molecule has 0 atom stereocenters. The highest BCUT2D eigenvalue weighted by molar-refractivity contribution is 6.31. The van der Waals surface area contributed by atoms with E-state index in [1.807, 2.05) is 30.3 Å². The summed E-state index contributed by atoms with van der Waals surface area (Å²) in [6.45, 7) is 1.41. The fourth-order valence-corrected chi connectivity index (χ4v) is 3.28. The van der Waals surface area contributed by atoms with E-state index in [-0.39, 0.29) is 12.4 Å². The number of benzene rings is 2. The Hall–Kier alpha value is -1.22. The Morgan fingerprint density at radius 2 is 1.79 bits per heavy atom. The molecule has 1 aliphatic carbocycles. The third-order valence-electron chi connectivity index (χ3n) is 4.45. The minimum Gasteiger partial charge on any atom is -0.489 e. The van der Waals surface area contributed by atoms with Gasteiger partial charge in [0.25, 0.3) is 0 Å². The first-order chi connectivity index (χ1) is 11.3. The molecular weight excluding hydrogens is 341 g/mol. The van der Waals surface area contributed by atoms with E-state index in [0.29, 0.717) is 12.6 Å². The quantitative estimate of drug-likeness (QED) is 0.701. The number of hydrogen-bond acceptors (Lipinski definition) is 2. The van der Waals surface area contributed by atoms with Gasteiger partial charge < -0.3 is 10.1 Å². The molecule has 0 amide bonds. The first-order valence-electron chi connectivity index (χ1n) is 8.50. The van der Waals surface area contributed by atoms with Crippen LogP contribution < -0.4 is 10.1 Å². The molecule has 3 rings (SSSR count). The van der Waals surface area contributed by atoms with E-state index in [9.17, 15) is 0 Å². The maximum absolute atomic E-state index is 6.17. The molecule has 130 valence electrons. The Bertz CT molecular complexity index is 627. The van der Waals surface area contributed by atoms with Gasteiger partial charge in [-0.05, 0) is 36.6 Å². The lowest BCUT2D eigenvalue weighted by Gasteiger charge is -2.23. The van der Waals surface area contributed by atoms with Crippen molar-refractivity contribution in [3.05, 3.63) is 64.7 Å². The average Bonchev–Trinajstić information content (AvgIpc) is 2.61. The lowest BCUT2D eigenvalue weighted by Crippen LogP contribution is -2.30. The molecule has 0 aromatic heterocycles. The van der Waals surface area contributed by atoms with Gasteiger partial charge in [0, 0.05) is 23.2 Å². The van der Waals surface area contributed by atoms with Crippen LogP contribution in [0.25, 0.3) is 0 Å². The third-order valence-corrected chi connectivity index (χ3v) is 4.82. The standard InChI is InChI=1S/C20H24ClNO.ClH/c21-20-12-5-4-8-17(20)15-23-19-11-6-7-16(13-19)14-22-18-9-2-1-3-10-18;/h4-8,11-13,18,22H,1-3,9-10,14-15H2;1H. The van der Waals surface area contributed by atoms with Gasteiger partial charge in [0.2, 0.25) is 0 Å². The van der Waals surface area contributed by atoms with Gasteiger partial charge in [-0.3, -0.25) is 0 Å². The van der Waals surface area contributed by atoms with Crippen LogP contribution in [0.5, 0.6) is 5.75 Å². The van der Waals surface area contributed by atoms with Crippen molar-refractivity contribution in [2.24, 2.45) is 0 Å². The Kier molecular flexibility index (Phi) is 7.90. The number of nitrogens with one attached hydrogen (secondary N) is 1. The predicted molar refractivity (Wildman–Crippen MR) is 103 cm³/mol. The van der Waals surface area contributed by atoms with Crippen LogP contribution in [-0.2, 0) is 13.2 Å². The molecule has 1 aliphatic rings. The molecule has 1 fully saturated rings. The second-order valence-corrected chi connectivity index (χ2v) is 6.65. The highest BCUT2D eigenvalue weighted by atomic mass is 35.5. The third kappa shape index (κ3) is 5.70. The molecule has 0 heterocycles. The fourth-order valence-electron chi connectivity index (χ4n) is 3.09. The summed E-state index contributed by atoms with van der Waals surface area (Å²) in [5.41, 5.74) is 2.28. The monoisotopic (exact) mass is 365 g/mol. The van der Waals surface area contributed by atoms with Crippen LogP contribution in [0.1, 0.15) is 43.2 Å². The van der Waals surface area contributed by atoms with E-state index in [1.165, 1.54) is 37.7 Å². The van der Waals surface area contributed by atoms with Crippen molar-refractivity contribution >= 4 is 24.0 Å². The Balaban J connectivity index is 0.00000208. The van der Waals surface area contributed by atoms with Crippen molar-refractivity contribution in [3.8, 4) is 5.75 Å². The number of hydrogen-bond donors (Lipinski definition) is 1. The fraction of sp³-hybridized carbons (Fsp3) is 0.400. The Morgan fingerprint density at radius 3 is 2.58 bits per heavy atom. The van der Waals surface area contributed by atoms with Crippen LogP contribution in [-0.4, -0.2) is 6.04 Å². The van der Waals surface area contributed by atoms with Crippen LogP contribution in [0, 0.1) is 0 Å². The molecule has 4 heteroatoms. The van der Waals surface area contributed by atoms with E-state index < -0.39 is 0 Å². The first-order valence-corrected chi connectivity index (χ1v) is 8.87. The van der Waals surface area contributed by atoms with E-state index in [2.05, 4.69) is 23.5 Å². The topological polar surface area (TPSA) is 21.3 Å². The summed E-state index contributed by atoms with van der Waals surface area (Å²) in [5.74, 6) is 0.896. The molecular formula is C20H25Cl2NO. The Labute approximate surface area is 156 Å². The highest BCUT2D eigenvalue weighted by Crippen LogP contribution is 2.21. The predicted octanol–water partition coefficient (Wildman–Crippen LogP) is 5.76. The number of halogens is 2. The lowest BCUT2D eigenvalue weighted by molar-refractivity contribution is 0.305. The number of rotatable bonds is 6. The molecule has 0 aliphatic heterocycles. The molecule has 1 N–H and O–H groups in total. The smallest absolute Gasteiger partial charge is 0.120 e. The van der Waals surface area contributed by atoms with Crippen molar-refractivity contribution in [1.29, 1.82) is 0 Å². The highest BCUT2D eigenvalue weighted by Gasteiger charge is 2.12. The van der Waals surface area contributed by atoms with Crippen LogP contribution in [0.3, 0.4) is 0 Å². The summed E-state index contributed by atoms with van der Waals surface area (Å²) >= 11 is 6.17. The molecule has 2 aromatic rings. The number of ether oxygens (including phenoxy) is 1. The summed E-state index contributed by atoms with van der Waals surface area (Å²) in [5, 5.41) is 4.42. The van der Waals surface area contributed by atoms with Gasteiger partial charge in [0.1, 0.15) is 12.4 Å². The van der Waals surface area contributed by atoms with Crippen molar-refractivity contribution in [3.63, 3.8) is 0 Å². The summed E-state index contributed by atoms with van der Waals surface area (Å²) in [6.07, 6.45) is 6.73. The lowest BCUT2D eigenvalue weighted by atomic mass is 9.95. The molecule has 1 saturated carbocycles. The molecule has 2 nitrogen and oxygen atoms in total. The molecule has 0 unspecified atom stereocenters. The zero-order valence-electron chi connectivity index (χ0n) is 13.8. The molecule has 0 spiro atoms. The van der Waals surface area contributed by atoms with Gasteiger partial charge in [-0.25, -0.2) is 0 Å². The Morgan fingerprint density at radius 1 is 1.00 bits per heavy atom. The van der Waals surface area contributed by atoms with E-state index in [1.54, 1.807) is 0 Å². The van der Waals surface area contributed by atoms with Crippen LogP contribution in [0.4, 0.5) is 0 Å². The van der Waals surface area contributed by atoms with Gasteiger partial charge >= 0.3 is 0 Å². The minimum atomic E-state index is 0. The van der Waals surface area contributed by atoms with E-state index in [4.69, 9.17) is 16.3 Å². The summed E-state index contributed by atoms with van der Waals surface area (Å²) in [7, 11) is 0. The largest absolute Gasteiger partial charge is 0.489 e. The van der Waals surface area contributed by atoms with E-state index >= 15 is 0 Å². The van der Waals surface area contributed by atoms with Gasteiger partial charge in [0.05, 0.1) is 0 Å². The normalized spacial score (nSPS) is 14.9. The first kappa shape index (κ1) is 19.1. The van der Waals surface area contributed by atoms with E-state index in [0.717, 1.165) is 22.9 Å². The molecule has 0 radical (unpaired) electrons. The van der Waals surface area contributed by atoms with Gasteiger partial charge in [-0.2, -0.15) is 0 Å². The van der Waals surface area contributed by atoms with Gasteiger partial charge in [0.15, 0.2) is 0 Å². The zero-order valence-corrected chi connectivity index (χ0v) is 15.4. The van der Waals surface area contributed by atoms with Gasteiger partial charge in [-0.15, -0.1) is 12.4 Å². The molecule has 24 heavy (non-hydrogen) atoms. The second kappa shape index (κ2) is 9.93. The van der Waals surface area contributed by atoms with Gasteiger partial charge in [-0.1, -0.05) is 61.2 Å². The SMILES string of the molecule is Cl.Clc1ccccc1COc1cccc(CNC2CCCCC2)c1. The molecule has 0 bridgehead atoms. The van der Waals surface area contributed by atoms with Crippen molar-refractivity contribution in [2.75, 3.05) is 0 Å². The summed E-state index contributed by atoms with van der Waals surface area (Å²) < 4.78 is 5.89. The molecule has 2 aromatic carbocycles. The minimum absolute atomic E-state index is 0. The zero-order chi connectivity index (χ0) is 15.9. The summed E-state index contributed by atoms with van der Waals surface area (Å²) in [6, 6.07) is 16.8. The van der Waals surface area contributed by atoms with Crippen molar-refractivity contribution < 1.29 is 4.74 Å². The molecule has 0 saturated heterocycles.